The summed E-state index contributed by atoms with van der Waals surface area (Å²) in [4.78, 5) is 4.10. The summed E-state index contributed by atoms with van der Waals surface area (Å²) in [5, 5.41) is 15.1. The fraction of sp³-hybridized carbons (Fsp3) is 0.263. The maximum absolute atomic E-state index is 13.7. The van der Waals surface area contributed by atoms with Gasteiger partial charge in [0.2, 0.25) is 0 Å². The highest BCUT2D eigenvalue weighted by atomic mass is 19.1. The molecule has 0 fully saturated rings. The van der Waals surface area contributed by atoms with Gasteiger partial charge in [-0.25, -0.2) is 4.39 Å². The Morgan fingerprint density at radius 2 is 2.00 bits per heavy atom. The Hall–Kier alpha value is -3.07. The van der Waals surface area contributed by atoms with E-state index in [0.717, 1.165) is 12.2 Å². The van der Waals surface area contributed by atoms with Crippen LogP contribution in [0, 0.1) is 17.1 Å². The van der Waals surface area contributed by atoms with Crippen LogP contribution in [0.5, 0.6) is 5.75 Å². The van der Waals surface area contributed by atoms with Gasteiger partial charge in [0.05, 0.1) is 18.2 Å². The van der Waals surface area contributed by atoms with Crippen molar-refractivity contribution in [2.75, 3.05) is 20.2 Å². The number of rotatable bonds is 7. The van der Waals surface area contributed by atoms with Crippen LogP contribution in [-0.2, 0) is 6.54 Å². The third kappa shape index (κ3) is 6.15. The first kappa shape index (κ1) is 18.3. The highest BCUT2D eigenvalue weighted by molar-refractivity contribution is 5.79. The number of nitrogens with one attached hydrogen (secondary N) is 2. The SMILES string of the molecule is CN=C(NCCCOc1ccccc1)NCc1cc(C#N)ccc1F. The number of aliphatic imine (C=N–C) groups is 1. The third-order valence-electron chi connectivity index (χ3n) is 3.47. The van der Waals surface area contributed by atoms with Gasteiger partial charge in [-0.05, 0) is 36.8 Å². The first-order chi connectivity index (χ1) is 12.2. The molecule has 0 saturated heterocycles. The fourth-order valence-electron chi connectivity index (χ4n) is 2.17. The van der Waals surface area contributed by atoms with Crippen LogP contribution in [0.25, 0.3) is 0 Å². The van der Waals surface area contributed by atoms with Gasteiger partial charge in [-0.15, -0.1) is 0 Å². The molecule has 25 heavy (non-hydrogen) atoms. The molecule has 2 rings (SSSR count). The van der Waals surface area contributed by atoms with Gasteiger partial charge in [-0.1, -0.05) is 18.2 Å². The maximum atomic E-state index is 13.7. The third-order valence-corrected chi connectivity index (χ3v) is 3.47. The van der Waals surface area contributed by atoms with Gasteiger partial charge in [0.15, 0.2) is 5.96 Å². The van der Waals surface area contributed by atoms with Crippen molar-refractivity contribution < 1.29 is 9.13 Å². The molecule has 0 heterocycles. The van der Waals surface area contributed by atoms with E-state index in [0.29, 0.717) is 30.2 Å². The molecule has 0 radical (unpaired) electrons. The van der Waals surface area contributed by atoms with E-state index >= 15 is 0 Å². The van der Waals surface area contributed by atoms with E-state index in [2.05, 4.69) is 15.6 Å². The minimum Gasteiger partial charge on any atom is -0.494 e. The first-order valence-corrected chi connectivity index (χ1v) is 8.04. The van der Waals surface area contributed by atoms with Crippen LogP contribution < -0.4 is 15.4 Å². The number of para-hydroxylation sites is 1. The molecule has 0 saturated carbocycles. The molecule has 2 aromatic carbocycles. The Balaban J connectivity index is 1.71. The topological polar surface area (TPSA) is 69.4 Å². The van der Waals surface area contributed by atoms with Crippen molar-refractivity contribution >= 4 is 5.96 Å². The van der Waals surface area contributed by atoms with Crippen LogP contribution in [0.4, 0.5) is 4.39 Å². The summed E-state index contributed by atoms with van der Waals surface area (Å²) in [6.07, 6.45) is 0.799. The summed E-state index contributed by atoms with van der Waals surface area (Å²) in [7, 11) is 1.65. The number of hydrogen-bond acceptors (Lipinski definition) is 3. The lowest BCUT2D eigenvalue weighted by molar-refractivity contribution is 0.311. The quantitative estimate of drug-likeness (QED) is 0.462. The lowest BCUT2D eigenvalue weighted by Gasteiger charge is -2.13. The van der Waals surface area contributed by atoms with Gasteiger partial charge in [0.1, 0.15) is 11.6 Å². The summed E-state index contributed by atoms with van der Waals surface area (Å²) in [6.45, 7) is 1.52. The molecule has 5 nitrogen and oxygen atoms in total. The molecule has 0 aromatic heterocycles. The number of guanidine groups is 1. The van der Waals surface area contributed by atoms with Crippen molar-refractivity contribution in [2.45, 2.75) is 13.0 Å². The lowest BCUT2D eigenvalue weighted by Crippen LogP contribution is -2.37. The Kier molecular flexibility index (Phi) is 7.26. The minimum atomic E-state index is -0.349. The molecule has 0 amide bonds. The number of nitriles is 1. The largest absolute Gasteiger partial charge is 0.494 e. The highest BCUT2D eigenvalue weighted by Crippen LogP contribution is 2.10. The molecule has 0 aliphatic heterocycles. The smallest absolute Gasteiger partial charge is 0.191 e. The number of hydrogen-bond donors (Lipinski definition) is 2. The predicted octanol–water partition coefficient (Wildman–Crippen LogP) is 2.83. The van der Waals surface area contributed by atoms with E-state index in [9.17, 15) is 4.39 Å². The van der Waals surface area contributed by atoms with Crippen LogP contribution in [0.1, 0.15) is 17.5 Å². The molecule has 0 aliphatic carbocycles. The number of ether oxygens (including phenoxy) is 1. The van der Waals surface area contributed by atoms with E-state index < -0.39 is 0 Å². The van der Waals surface area contributed by atoms with Crippen molar-refractivity contribution in [3.8, 4) is 11.8 Å². The summed E-state index contributed by atoms with van der Waals surface area (Å²) in [5.74, 6) is 1.07. The molecule has 6 heteroatoms. The van der Waals surface area contributed by atoms with Crippen molar-refractivity contribution in [1.82, 2.24) is 10.6 Å². The second kappa shape index (κ2) is 9.93. The summed E-state index contributed by atoms with van der Waals surface area (Å²) in [6, 6.07) is 15.9. The van der Waals surface area contributed by atoms with Crippen LogP contribution in [0.2, 0.25) is 0 Å². The van der Waals surface area contributed by atoms with E-state index in [1.165, 1.54) is 18.2 Å². The second-order valence-electron chi connectivity index (χ2n) is 5.29. The van der Waals surface area contributed by atoms with Crippen LogP contribution in [0.3, 0.4) is 0 Å². The predicted molar refractivity (Wildman–Crippen MR) is 95.9 cm³/mol. The van der Waals surface area contributed by atoms with Gasteiger partial charge >= 0.3 is 0 Å². The zero-order chi connectivity index (χ0) is 17.9. The minimum absolute atomic E-state index is 0.252. The normalized spacial score (nSPS) is 10.8. The molecule has 0 unspecified atom stereocenters. The molecule has 2 N–H and O–H groups in total. The molecule has 0 spiro atoms. The molecule has 0 bridgehead atoms. The second-order valence-corrected chi connectivity index (χ2v) is 5.29. The Morgan fingerprint density at radius 1 is 1.20 bits per heavy atom. The standard InChI is InChI=1S/C19H21FN4O/c1-22-19(23-10-5-11-25-17-6-3-2-4-7-17)24-14-16-12-15(13-21)8-9-18(16)20/h2-4,6-9,12H,5,10-11,14H2,1H3,(H2,22,23,24). The fourth-order valence-corrected chi connectivity index (χ4v) is 2.17. The van der Waals surface area contributed by atoms with Crippen molar-refractivity contribution in [3.05, 3.63) is 65.5 Å². The molecule has 0 aliphatic rings. The van der Waals surface area contributed by atoms with Crippen LogP contribution in [0.15, 0.2) is 53.5 Å². The lowest BCUT2D eigenvalue weighted by atomic mass is 10.1. The average Bonchev–Trinajstić information content (AvgIpc) is 2.66. The zero-order valence-electron chi connectivity index (χ0n) is 14.1. The Morgan fingerprint density at radius 3 is 2.72 bits per heavy atom. The molecule has 2 aromatic rings. The van der Waals surface area contributed by atoms with E-state index in [1.54, 1.807) is 7.05 Å². The van der Waals surface area contributed by atoms with E-state index in [1.807, 2.05) is 36.4 Å². The molecular formula is C19H21FN4O. The van der Waals surface area contributed by atoms with Crippen molar-refractivity contribution in [2.24, 2.45) is 4.99 Å². The van der Waals surface area contributed by atoms with Crippen molar-refractivity contribution in [3.63, 3.8) is 0 Å². The number of benzene rings is 2. The molecular weight excluding hydrogens is 319 g/mol. The number of nitrogens with zero attached hydrogens (tertiary/aromatic N) is 2. The summed E-state index contributed by atoms with van der Waals surface area (Å²) >= 11 is 0. The van der Waals surface area contributed by atoms with E-state index in [4.69, 9.17) is 10.00 Å². The van der Waals surface area contributed by atoms with Crippen LogP contribution in [-0.4, -0.2) is 26.2 Å². The van der Waals surface area contributed by atoms with Gasteiger partial charge in [-0.2, -0.15) is 5.26 Å². The average molecular weight is 340 g/mol. The van der Waals surface area contributed by atoms with Crippen molar-refractivity contribution in [1.29, 1.82) is 5.26 Å². The summed E-state index contributed by atoms with van der Waals surface area (Å²) < 4.78 is 19.4. The molecule has 0 atom stereocenters. The molecule has 130 valence electrons. The maximum Gasteiger partial charge on any atom is 0.191 e. The van der Waals surface area contributed by atoms with Gasteiger partial charge in [0, 0.05) is 25.7 Å². The monoisotopic (exact) mass is 340 g/mol. The first-order valence-electron chi connectivity index (χ1n) is 8.04. The van der Waals surface area contributed by atoms with Gasteiger partial charge in [-0.3, -0.25) is 4.99 Å². The van der Waals surface area contributed by atoms with Gasteiger partial charge in [0.25, 0.3) is 0 Å². The highest BCUT2D eigenvalue weighted by Gasteiger charge is 2.05. The Labute approximate surface area is 147 Å². The summed E-state index contributed by atoms with van der Waals surface area (Å²) in [5.41, 5.74) is 0.855. The zero-order valence-corrected chi connectivity index (χ0v) is 14.1. The van der Waals surface area contributed by atoms with E-state index in [-0.39, 0.29) is 12.4 Å². The Bertz CT molecular complexity index is 741. The van der Waals surface area contributed by atoms with Crippen LogP contribution >= 0.6 is 0 Å². The van der Waals surface area contributed by atoms with Gasteiger partial charge < -0.3 is 15.4 Å². The number of halogens is 1.